The Balaban J connectivity index is 2.38. The van der Waals surface area contributed by atoms with E-state index < -0.39 is 60.7 Å². The lowest BCUT2D eigenvalue weighted by Crippen LogP contribution is -2.57. The van der Waals surface area contributed by atoms with Crippen LogP contribution in [0.1, 0.15) is 30.9 Å². The molecule has 0 bridgehead atoms. The number of aliphatic carboxylic acids is 1. The van der Waals surface area contributed by atoms with E-state index in [2.05, 4.69) is 20.9 Å². The molecule has 1 saturated heterocycles. The molecule has 3 atom stereocenters. The fraction of sp³-hybridized carbons (Fsp3) is 0.429. The molecule has 34 heavy (non-hydrogen) atoms. The molecule has 1 aliphatic rings. The smallest absolute Gasteiger partial charge is 0.305 e. The largest absolute Gasteiger partial charge is 0.481 e. The van der Waals surface area contributed by atoms with Crippen molar-refractivity contribution in [1.82, 2.24) is 20.9 Å². The third kappa shape index (κ3) is 7.76. The second-order valence-electron chi connectivity index (χ2n) is 7.77. The molecule has 1 fully saturated rings. The molecule has 0 spiro atoms. The summed E-state index contributed by atoms with van der Waals surface area (Å²) in [7, 11) is 1.36. The number of hydrogen-bond donors (Lipinski definition) is 6. The van der Waals surface area contributed by atoms with Gasteiger partial charge in [0.1, 0.15) is 18.1 Å². The Labute approximate surface area is 195 Å². The molecule has 1 aliphatic heterocycles. The van der Waals surface area contributed by atoms with E-state index in [4.69, 9.17) is 16.6 Å². The quantitative estimate of drug-likeness (QED) is 0.145. The van der Waals surface area contributed by atoms with E-state index in [0.717, 1.165) is 4.90 Å². The van der Waals surface area contributed by atoms with Crippen LogP contribution >= 0.6 is 0 Å². The van der Waals surface area contributed by atoms with Crippen molar-refractivity contribution in [2.45, 2.75) is 37.4 Å². The molecule has 0 aliphatic carbocycles. The molecule has 2 rings (SSSR count). The number of carbonyl (C=O) groups excluding carboxylic acids is 4. The Hall–Kier alpha value is -4.16. The summed E-state index contributed by atoms with van der Waals surface area (Å²) in [5.74, 6) is -4.21. The molecule has 0 saturated carbocycles. The van der Waals surface area contributed by atoms with Gasteiger partial charge >= 0.3 is 5.97 Å². The molecular formula is C21H29N7O6. The summed E-state index contributed by atoms with van der Waals surface area (Å²) < 4.78 is 0. The van der Waals surface area contributed by atoms with E-state index in [-0.39, 0.29) is 18.9 Å². The standard InChI is InChI=1S/C21H29N7O6/c1-28-11-15(29)25-14(10-16(30)31)18(32)27-17(12-6-3-2-4-7-12)19(33)26-13(20(28)34)8-5-9-24-21(22)23/h2-4,6-7,13-14,17H,5,8-11H2,1H3,(H,25,29)(H,26,33)(H,27,32)(H,30,31)(H4,22,23,24)/t13-,14-,17-/m0/s1. The predicted octanol–water partition coefficient (Wildman–Crippen LogP) is -2.19. The minimum atomic E-state index is -1.44. The molecule has 1 aromatic carbocycles. The number of rotatable bonds is 7. The van der Waals surface area contributed by atoms with Gasteiger partial charge in [-0.3, -0.25) is 29.0 Å². The third-order valence-corrected chi connectivity index (χ3v) is 5.03. The van der Waals surface area contributed by atoms with Crippen molar-refractivity contribution in [3.63, 3.8) is 0 Å². The summed E-state index contributed by atoms with van der Waals surface area (Å²) >= 11 is 0. The molecule has 0 unspecified atom stereocenters. The van der Waals surface area contributed by atoms with E-state index in [1.165, 1.54) is 7.05 Å². The molecule has 0 aromatic heterocycles. The fourth-order valence-electron chi connectivity index (χ4n) is 3.39. The highest BCUT2D eigenvalue weighted by Crippen LogP contribution is 2.15. The van der Waals surface area contributed by atoms with Crippen LogP contribution in [0.3, 0.4) is 0 Å². The maximum Gasteiger partial charge on any atom is 0.305 e. The number of guanidine groups is 1. The Bertz CT molecular complexity index is 948. The van der Waals surface area contributed by atoms with E-state index >= 15 is 0 Å². The van der Waals surface area contributed by atoms with E-state index in [0.29, 0.717) is 12.0 Å². The highest BCUT2D eigenvalue weighted by Gasteiger charge is 2.34. The van der Waals surface area contributed by atoms with Crippen LogP contribution < -0.4 is 27.4 Å². The van der Waals surface area contributed by atoms with E-state index in [1.54, 1.807) is 30.3 Å². The number of aliphatic imine (C=N–C) groups is 1. The average Bonchev–Trinajstić information content (AvgIpc) is 2.77. The van der Waals surface area contributed by atoms with Gasteiger partial charge in [-0.05, 0) is 18.4 Å². The van der Waals surface area contributed by atoms with Crippen molar-refractivity contribution in [2.75, 3.05) is 20.1 Å². The second kappa shape index (κ2) is 12.2. The summed E-state index contributed by atoms with van der Waals surface area (Å²) in [6, 6.07) is 4.54. The predicted molar refractivity (Wildman–Crippen MR) is 121 cm³/mol. The normalized spacial score (nSPS) is 21.9. The zero-order chi connectivity index (χ0) is 25.3. The molecule has 13 heteroatoms. The van der Waals surface area contributed by atoms with Crippen LogP contribution in [0.25, 0.3) is 0 Å². The summed E-state index contributed by atoms with van der Waals surface area (Å²) in [4.78, 5) is 67.7. The topological polar surface area (TPSA) is 209 Å². The number of nitrogens with two attached hydrogens (primary N) is 2. The number of hydrogen-bond acceptors (Lipinski definition) is 6. The van der Waals surface area contributed by atoms with Crippen molar-refractivity contribution < 1.29 is 29.1 Å². The highest BCUT2D eigenvalue weighted by molar-refractivity contribution is 5.97. The van der Waals surface area contributed by atoms with E-state index in [1.807, 2.05) is 0 Å². The lowest BCUT2D eigenvalue weighted by atomic mass is 10.0. The van der Waals surface area contributed by atoms with Crippen molar-refractivity contribution >= 4 is 35.6 Å². The van der Waals surface area contributed by atoms with Crippen LogP contribution in [0, 0.1) is 0 Å². The molecule has 1 heterocycles. The fourth-order valence-corrected chi connectivity index (χ4v) is 3.39. The number of benzene rings is 1. The van der Waals surface area contributed by atoms with Crippen molar-refractivity contribution in [1.29, 1.82) is 0 Å². The first kappa shape index (κ1) is 26.1. The van der Waals surface area contributed by atoms with Crippen LogP contribution in [0.15, 0.2) is 35.3 Å². The first-order chi connectivity index (χ1) is 16.1. The minimum Gasteiger partial charge on any atom is -0.481 e. The van der Waals surface area contributed by atoms with Gasteiger partial charge in [-0.2, -0.15) is 0 Å². The Morgan fingerprint density at radius 3 is 2.35 bits per heavy atom. The molecule has 13 nitrogen and oxygen atoms in total. The number of nitrogens with zero attached hydrogens (tertiary/aromatic N) is 2. The van der Waals surface area contributed by atoms with Gasteiger partial charge in [0.2, 0.25) is 23.6 Å². The molecular weight excluding hydrogens is 446 g/mol. The van der Waals surface area contributed by atoms with Gasteiger partial charge in [0.15, 0.2) is 5.96 Å². The number of carboxylic acid groups (broad SMARTS) is 1. The minimum absolute atomic E-state index is 0.106. The van der Waals surface area contributed by atoms with Crippen molar-refractivity contribution in [3.8, 4) is 0 Å². The molecule has 4 amide bonds. The SMILES string of the molecule is CN1CC(=O)N[C@@H](CC(=O)O)C(=O)N[C@@H](c2ccccc2)C(=O)N[C@@H](CCCN=C(N)N)C1=O. The number of nitrogens with one attached hydrogen (secondary N) is 3. The zero-order valence-corrected chi connectivity index (χ0v) is 18.7. The third-order valence-electron chi connectivity index (χ3n) is 5.03. The van der Waals surface area contributed by atoms with Crippen LogP contribution in [-0.2, 0) is 24.0 Å². The van der Waals surface area contributed by atoms with Gasteiger partial charge in [-0.15, -0.1) is 0 Å². The van der Waals surface area contributed by atoms with Gasteiger partial charge in [-0.1, -0.05) is 30.3 Å². The highest BCUT2D eigenvalue weighted by atomic mass is 16.4. The molecule has 0 radical (unpaired) electrons. The van der Waals surface area contributed by atoms with Gasteiger partial charge in [0.25, 0.3) is 0 Å². The lowest BCUT2D eigenvalue weighted by Gasteiger charge is -2.29. The van der Waals surface area contributed by atoms with Crippen LogP contribution in [0.4, 0.5) is 0 Å². The van der Waals surface area contributed by atoms with Gasteiger partial charge in [0.05, 0.1) is 13.0 Å². The molecule has 1 aromatic rings. The van der Waals surface area contributed by atoms with Gasteiger partial charge < -0.3 is 37.4 Å². The maximum absolute atomic E-state index is 13.2. The Kier molecular flexibility index (Phi) is 9.35. The maximum atomic E-state index is 13.2. The van der Waals surface area contributed by atoms with Crippen LogP contribution in [-0.4, -0.2) is 77.8 Å². The number of likely N-dealkylation sites (N-methyl/N-ethyl adjacent to an activating group) is 1. The molecule has 8 N–H and O–H groups in total. The average molecular weight is 476 g/mol. The summed E-state index contributed by atoms with van der Waals surface area (Å²) in [6.07, 6.45) is -0.173. The molecule has 184 valence electrons. The summed E-state index contributed by atoms with van der Waals surface area (Å²) in [5, 5.41) is 16.6. The summed E-state index contributed by atoms with van der Waals surface area (Å²) in [5.41, 5.74) is 11.0. The van der Waals surface area contributed by atoms with Crippen LogP contribution in [0.5, 0.6) is 0 Å². The number of amides is 4. The van der Waals surface area contributed by atoms with Crippen molar-refractivity contribution in [2.24, 2.45) is 16.5 Å². The van der Waals surface area contributed by atoms with Gasteiger partial charge in [0, 0.05) is 13.6 Å². The Morgan fingerprint density at radius 2 is 1.74 bits per heavy atom. The van der Waals surface area contributed by atoms with Crippen LogP contribution in [0.2, 0.25) is 0 Å². The first-order valence-electron chi connectivity index (χ1n) is 10.6. The summed E-state index contributed by atoms with van der Waals surface area (Å²) in [6.45, 7) is -0.216. The Morgan fingerprint density at radius 1 is 1.06 bits per heavy atom. The monoisotopic (exact) mass is 475 g/mol. The zero-order valence-electron chi connectivity index (χ0n) is 18.7. The van der Waals surface area contributed by atoms with E-state index in [9.17, 15) is 24.0 Å². The second-order valence-corrected chi connectivity index (χ2v) is 7.77. The number of carboxylic acids is 1. The first-order valence-corrected chi connectivity index (χ1v) is 10.6. The lowest BCUT2D eigenvalue weighted by molar-refractivity contribution is -0.143. The van der Waals surface area contributed by atoms with Gasteiger partial charge in [-0.25, -0.2) is 0 Å². The number of carbonyl (C=O) groups is 5. The van der Waals surface area contributed by atoms with Crippen molar-refractivity contribution in [3.05, 3.63) is 35.9 Å².